The van der Waals surface area contributed by atoms with Crippen LogP contribution < -0.4 is 15.0 Å². The van der Waals surface area contributed by atoms with Crippen LogP contribution in [0.3, 0.4) is 0 Å². The number of nitrogens with one attached hydrogen (secondary N) is 1. The minimum absolute atomic E-state index is 0.104. The van der Waals surface area contributed by atoms with Gasteiger partial charge in [0.15, 0.2) is 0 Å². The number of hydrogen-bond donors (Lipinski definition) is 1. The lowest BCUT2D eigenvalue weighted by molar-refractivity contribution is -0.122. The fraction of sp³-hybridized carbons (Fsp3) is 0.273. The molecule has 8 heteroatoms. The number of benzene rings is 2. The van der Waals surface area contributed by atoms with Crippen molar-refractivity contribution in [3.8, 4) is 17.1 Å². The van der Waals surface area contributed by atoms with E-state index in [1.807, 2.05) is 49.4 Å². The minimum atomic E-state index is -0.459. The summed E-state index contributed by atoms with van der Waals surface area (Å²) in [6.07, 6.45) is 0.144. The van der Waals surface area contributed by atoms with Gasteiger partial charge in [0.25, 0.3) is 0 Å². The standard InChI is InChI=1S/C22H22N4O4/c1-13-7-8-19(29-3)18(9-13)24-22(28)16-11-20(27)26(12-16)17-6-4-5-15(10-17)21-23-14(2)30-25-21/h4-10,16H,11-12H2,1-3H3,(H,24,28). The molecule has 30 heavy (non-hydrogen) atoms. The van der Waals surface area contributed by atoms with Crippen molar-refractivity contribution in [1.82, 2.24) is 10.1 Å². The van der Waals surface area contributed by atoms with Crippen LogP contribution in [-0.4, -0.2) is 35.6 Å². The summed E-state index contributed by atoms with van der Waals surface area (Å²) in [5, 5.41) is 6.82. The SMILES string of the molecule is COc1ccc(C)cc1NC(=O)C1CC(=O)N(c2cccc(-c3noc(C)n3)c2)C1. The maximum Gasteiger partial charge on any atom is 0.229 e. The lowest BCUT2D eigenvalue weighted by Crippen LogP contribution is -2.28. The summed E-state index contributed by atoms with van der Waals surface area (Å²) in [5.41, 5.74) is 3.05. The summed E-state index contributed by atoms with van der Waals surface area (Å²) in [7, 11) is 1.55. The molecule has 1 atom stereocenters. The van der Waals surface area contributed by atoms with Gasteiger partial charge in [0, 0.05) is 31.1 Å². The monoisotopic (exact) mass is 406 g/mol. The first-order valence-corrected chi connectivity index (χ1v) is 9.61. The number of ether oxygens (including phenoxy) is 1. The maximum atomic E-state index is 12.8. The highest BCUT2D eigenvalue weighted by atomic mass is 16.5. The van der Waals surface area contributed by atoms with Gasteiger partial charge in [-0.2, -0.15) is 4.98 Å². The Bertz CT molecular complexity index is 1110. The fourth-order valence-electron chi connectivity index (χ4n) is 3.52. The molecule has 1 saturated heterocycles. The van der Waals surface area contributed by atoms with Crippen LogP contribution in [0.4, 0.5) is 11.4 Å². The molecule has 1 aliphatic heterocycles. The van der Waals surface area contributed by atoms with Crippen molar-refractivity contribution in [1.29, 1.82) is 0 Å². The third-order valence-electron chi connectivity index (χ3n) is 5.05. The Labute approximate surface area is 173 Å². The van der Waals surface area contributed by atoms with Crippen LogP contribution in [-0.2, 0) is 9.59 Å². The molecule has 2 aromatic carbocycles. The molecule has 1 N–H and O–H groups in total. The summed E-state index contributed by atoms with van der Waals surface area (Å²) in [6.45, 7) is 3.96. The Kier molecular flexibility index (Phi) is 5.22. The maximum absolute atomic E-state index is 12.8. The molecule has 3 aromatic rings. The molecule has 0 radical (unpaired) electrons. The van der Waals surface area contributed by atoms with Crippen molar-refractivity contribution in [3.05, 3.63) is 53.9 Å². The molecule has 0 bridgehead atoms. The number of carbonyl (C=O) groups is 2. The second-order valence-electron chi connectivity index (χ2n) is 7.29. The molecule has 0 aliphatic carbocycles. The molecule has 8 nitrogen and oxygen atoms in total. The van der Waals surface area contributed by atoms with Crippen LogP contribution in [0.1, 0.15) is 17.9 Å². The van der Waals surface area contributed by atoms with Gasteiger partial charge >= 0.3 is 0 Å². The van der Waals surface area contributed by atoms with Gasteiger partial charge in [0.05, 0.1) is 18.7 Å². The van der Waals surface area contributed by atoms with E-state index in [4.69, 9.17) is 9.26 Å². The average molecular weight is 406 g/mol. The lowest BCUT2D eigenvalue weighted by atomic mass is 10.1. The van der Waals surface area contributed by atoms with Crippen LogP contribution in [0.25, 0.3) is 11.4 Å². The first-order valence-electron chi connectivity index (χ1n) is 9.61. The number of aromatic nitrogens is 2. The molecule has 154 valence electrons. The Morgan fingerprint density at radius 2 is 2.07 bits per heavy atom. The largest absolute Gasteiger partial charge is 0.495 e. The molecule has 1 unspecified atom stereocenters. The van der Waals surface area contributed by atoms with Crippen molar-refractivity contribution in [2.45, 2.75) is 20.3 Å². The normalized spacial score (nSPS) is 16.0. The quantitative estimate of drug-likeness (QED) is 0.698. The first-order chi connectivity index (χ1) is 14.4. The van der Waals surface area contributed by atoms with Gasteiger partial charge in [0.1, 0.15) is 5.75 Å². The van der Waals surface area contributed by atoms with Gasteiger partial charge in [-0.1, -0.05) is 23.4 Å². The van der Waals surface area contributed by atoms with Crippen molar-refractivity contribution in [3.63, 3.8) is 0 Å². The molecule has 1 aromatic heterocycles. The molecular weight excluding hydrogens is 384 g/mol. The molecule has 1 fully saturated rings. The van der Waals surface area contributed by atoms with Gasteiger partial charge in [-0.3, -0.25) is 9.59 Å². The van der Waals surface area contributed by atoms with Gasteiger partial charge in [0.2, 0.25) is 23.5 Å². The number of amides is 2. The van der Waals surface area contributed by atoms with Crippen LogP contribution in [0.5, 0.6) is 5.75 Å². The second-order valence-corrected chi connectivity index (χ2v) is 7.29. The van der Waals surface area contributed by atoms with Gasteiger partial charge in [-0.15, -0.1) is 0 Å². The van der Waals surface area contributed by atoms with E-state index >= 15 is 0 Å². The Morgan fingerprint density at radius 1 is 1.23 bits per heavy atom. The molecule has 2 amide bonds. The summed E-state index contributed by atoms with van der Waals surface area (Å²) in [6, 6.07) is 12.9. The number of aryl methyl sites for hydroxylation is 2. The number of methoxy groups -OCH3 is 1. The smallest absolute Gasteiger partial charge is 0.229 e. The lowest BCUT2D eigenvalue weighted by Gasteiger charge is -2.18. The third-order valence-corrected chi connectivity index (χ3v) is 5.05. The summed E-state index contributed by atoms with van der Waals surface area (Å²) < 4.78 is 10.4. The highest BCUT2D eigenvalue weighted by molar-refractivity contribution is 6.04. The number of anilines is 2. The summed E-state index contributed by atoms with van der Waals surface area (Å²) >= 11 is 0. The number of rotatable bonds is 5. The summed E-state index contributed by atoms with van der Waals surface area (Å²) in [5.74, 6) is 0.738. The van der Waals surface area contributed by atoms with E-state index in [1.165, 1.54) is 0 Å². The molecule has 0 spiro atoms. The van der Waals surface area contributed by atoms with E-state index < -0.39 is 5.92 Å². The zero-order valence-corrected chi connectivity index (χ0v) is 17.0. The van der Waals surface area contributed by atoms with E-state index in [0.29, 0.717) is 35.4 Å². The fourth-order valence-corrected chi connectivity index (χ4v) is 3.52. The van der Waals surface area contributed by atoms with Crippen molar-refractivity contribution >= 4 is 23.2 Å². The van der Waals surface area contributed by atoms with E-state index in [-0.39, 0.29) is 18.2 Å². The number of hydrogen-bond acceptors (Lipinski definition) is 6. The van der Waals surface area contributed by atoms with Crippen molar-refractivity contribution in [2.75, 3.05) is 23.9 Å². The molecule has 1 aliphatic rings. The van der Waals surface area contributed by atoms with Crippen LogP contribution in [0.15, 0.2) is 47.0 Å². The van der Waals surface area contributed by atoms with E-state index in [1.54, 1.807) is 18.9 Å². The zero-order valence-electron chi connectivity index (χ0n) is 17.0. The highest BCUT2D eigenvalue weighted by Gasteiger charge is 2.35. The number of carbonyl (C=O) groups excluding carboxylic acids is 2. The molecule has 4 rings (SSSR count). The van der Waals surface area contributed by atoms with E-state index in [0.717, 1.165) is 11.1 Å². The number of nitrogens with zero attached hydrogens (tertiary/aromatic N) is 3. The molecule has 0 saturated carbocycles. The summed E-state index contributed by atoms with van der Waals surface area (Å²) in [4.78, 5) is 31.3. The second kappa shape index (κ2) is 7.98. The topological polar surface area (TPSA) is 97.6 Å². The van der Waals surface area contributed by atoms with Crippen molar-refractivity contribution in [2.24, 2.45) is 5.92 Å². The minimum Gasteiger partial charge on any atom is -0.495 e. The highest BCUT2D eigenvalue weighted by Crippen LogP contribution is 2.30. The van der Waals surface area contributed by atoms with Gasteiger partial charge in [-0.25, -0.2) is 0 Å². The van der Waals surface area contributed by atoms with Crippen LogP contribution >= 0.6 is 0 Å². The van der Waals surface area contributed by atoms with E-state index in [9.17, 15) is 9.59 Å². The predicted octanol–water partition coefficient (Wildman–Crippen LogP) is 3.35. The molecule has 2 heterocycles. The average Bonchev–Trinajstić information content (AvgIpc) is 3.34. The Hall–Kier alpha value is -3.68. The van der Waals surface area contributed by atoms with Crippen molar-refractivity contribution < 1.29 is 18.8 Å². The van der Waals surface area contributed by atoms with Crippen LogP contribution in [0, 0.1) is 19.8 Å². The molecular formula is C22H22N4O4. The van der Waals surface area contributed by atoms with Crippen LogP contribution in [0.2, 0.25) is 0 Å². The Balaban J connectivity index is 1.51. The van der Waals surface area contributed by atoms with Gasteiger partial charge < -0.3 is 19.5 Å². The predicted molar refractivity (Wildman–Crippen MR) is 111 cm³/mol. The Morgan fingerprint density at radius 3 is 2.80 bits per heavy atom. The third kappa shape index (κ3) is 3.89. The van der Waals surface area contributed by atoms with Gasteiger partial charge in [-0.05, 0) is 36.8 Å². The van der Waals surface area contributed by atoms with E-state index in [2.05, 4.69) is 15.5 Å². The zero-order chi connectivity index (χ0) is 21.3. The first kappa shape index (κ1) is 19.6.